The number of alkyl halides is 3. The first kappa shape index (κ1) is 9.85. The number of ether oxygens (including phenoxy) is 1. The summed E-state index contributed by atoms with van der Waals surface area (Å²) < 4.78 is 50.4. The summed E-state index contributed by atoms with van der Waals surface area (Å²) in [5.41, 5.74) is -0.424. The van der Waals surface area contributed by atoms with Crippen molar-refractivity contribution in [3.8, 4) is 0 Å². The van der Waals surface area contributed by atoms with Gasteiger partial charge in [-0.15, -0.1) is 13.2 Å². The van der Waals surface area contributed by atoms with Crippen LogP contribution in [0.4, 0.5) is 17.6 Å². The maximum atomic E-state index is 12.6. The molecule has 0 saturated carbocycles. The van der Waals surface area contributed by atoms with E-state index in [2.05, 4.69) is 14.7 Å². The fraction of sp³-hybridized carbons (Fsp3) is 0.333. The second kappa shape index (κ2) is 3.65. The highest BCUT2D eigenvalue weighted by atomic mass is 19.4. The molecule has 0 aliphatic rings. The Morgan fingerprint density at radius 1 is 1.38 bits per heavy atom. The van der Waals surface area contributed by atoms with Crippen LogP contribution in [0.2, 0.25) is 0 Å². The Kier molecular flexibility index (Phi) is 2.76. The zero-order chi connectivity index (χ0) is 9.90. The highest BCUT2D eigenvalue weighted by Crippen LogP contribution is 2.18. The predicted octanol–water partition coefficient (Wildman–Crippen LogP) is 1.65. The molecule has 0 atom stereocenters. The number of hydrogen-bond acceptors (Lipinski definition) is 3. The van der Waals surface area contributed by atoms with Gasteiger partial charge >= 0.3 is 6.36 Å². The Hall–Kier alpha value is -1.24. The van der Waals surface area contributed by atoms with Gasteiger partial charge in [-0.3, -0.25) is 4.74 Å². The van der Waals surface area contributed by atoms with Gasteiger partial charge in [-0.2, -0.15) is 0 Å². The third-order valence-corrected chi connectivity index (χ3v) is 1.12. The summed E-state index contributed by atoms with van der Waals surface area (Å²) in [5.74, 6) is -0.924. The Morgan fingerprint density at radius 3 is 2.62 bits per heavy atom. The van der Waals surface area contributed by atoms with Crippen LogP contribution in [0, 0.1) is 5.82 Å². The first-order valence-corrected chi connectivity index (χ1v) is 3.14. The molecule has 1 aromatic rings. The monoisotopic (exact) mass is 196 g/mol. The standard InChI is InChI=1S/C6H4F4N2O/c7-4-1-11-3-12-5(4)2-13-6(8,9)10/h1,3H,2H2. The molecule has 1 heterocycles. The zero-order valence-corrected chi connectivity index (χ0v) is 6.18. The van der Waals surface area contributed by atoms with Crippen LogP contribution in [0.3, 0.4) is 0 Å². The van der Waals surface area contributed by atoms with Crippen molar-refractivity contribution in [1.29, 1.82) is 0 Å². The lowest BCUT2D eigenvalue weighted by Gasteiger charge is -2.06. The number of halogens is 4. The summed E-state index contributed by atoms with van der Waals surface area (Å²) in [6.07, 6.45) is -3.07. The van der Waals surface area contributed by atoms with E-state index >= 15 is 0 Å². The Labute approximate surface area is 70.4 Å². The predicted molar refractivity (Wildman–Crippen MR) is 32.8 cm³/mol. The lowest BCUT2D eigenvalue weighted by Crippen LogP contribution is -2.14. The van der Waals surface area contributed by atoms with E-state index in [0.29, 0.717) is 0 Å². The van der Waals surface area contributed by atoms with Crippen LogP contribution in [0.1, 0.15) is 5.69 Å². The van der Waals surface area contributed by atoms with Crippen molar-refractivity contribution in [2.75, 3.05) is 0 Å². The molecule has 72 valence electrons. The molecule has 0 fully saturated rings. The number of rotatable bonds is 2. The molecule has 0 radical (unpaired) electrons. The van der Waals surface area contributed by atoms with Crippen molar-refractivity contribution in [1.82, 2.24) is 9.97 Å². The average molecular weight is 196 g/mol. The summed E-state index contributed by atoms with van der Waals surface area (Å²) >= 11 is 0. The molecule has 1 aromatic heterocycles. The van der Waals surface area contributed by atoms with Gasteiger partial charge in [0.1, 0.15) is 18.6 Å². The molecule has 0 aliphatic carbocycles. The largest absolute Gasteiger partial charge is 0.522 e. The molecule has 7 heteroatoms. The van der Waals surface area contributed by atoms with E-state index in [1.807, 2.05) is 0 Å². The summed E-state index contributed by atoms with van der Waals surface area (Å²) in [4.78, 5) is 6.54. The minimum atomic E-state index is -4.78. The normalized spacial score (nSPS) is 11.7. The molecule has 0 N–H and O–H groups in total. The van der Waals surface area contributed by atoms with Crippen molar-refractivity contribution in [2.24, 2.45) is 0 Å². The summed E-state index contributed by atoms with van der Waals surface area (Å²) in [5, 5.41) is 0. The van der Waals surface area contributed by atoms with Gasteiger partial charge in [-0.25, -0.2) is 14.4 Å². The van der Waals surface area contributed by atoms with Gasteiger partial charge in [0.25, 0.3) is 0 Å². The first-order valence-electron chi connectivity index (χ1n) is 3.14. The van der Waals surface area contributed by atoms with Crippen molar-refractivity contribution in [3.63, 3.8) is 0 Å². The van der Waals surface area contributed by atoms with E-state index in [9.17, 15) is 17.6 Å². The topological polar surface area (TPSA) is 35.0 Å². The Bertz CT molecular complexity index is 288. The molecular weight excluding hydrogens is 192 g/mol. The molecule has 0 aromatic carbocycles. The lowest BCUT2D eigenvalue weighted by molar-refractivity contribution is -0.330. The Morgan fingerprint density at radius 2 is 2.08 bits per heavy atom. The molecule has 3 nitrogen and oxygen atoms in total. The van der Waals surface area contributed by atoms with Gasteiger partial charge in [0.05, 0.1) is 6.20 Å². The summed E-state index contributed by atoms with van der Waals surface area (Å²) in [7, 11) is 0. The smallest absolute Gasteiger partial charge is 0.285 e. The second-order valence-electron chi connectivity index (χ2n) is 2.05. The number of aromatic nitrogens is 2. The van der Waals surface area contributed by atoms with Crippen molar-refractivity contribution >= 4 is 0 Å². The number of nitrogens with zero attached hydrogens (tertiary/aromatic N) is 2. The average Bonchev–Trinajstić information content (AvgIpc) is 2.01. The summed E-state index contributed by atoms with van der Waals surface area (Å²) in [6, 6.07) is 0. The minimum Gasteiger partial charge on any atom is -0.285 e. The van der Waals surface area contributed by atoms with Gasteiger partial charge < -0.3 is 0 Å². The molecular formula is C6H4F4N2O. The lowest BCUT2D eigenvalue weighted by atomic mass is 10.4. The fourth-order valence-electron chi connectivity index (χ4n) is 0.594. The highest BCUT2D eigenvalue weighted by Gasteiger charge is 2.29. The fourth-order valence-corrected chi connectivity index (χ4v) is 0.594. The maximum Gasteiger partial charge on any atom is 0.522 e. The molecule has 0 amide bonds. The van der Waals surface area contributed by atoms with Crippen LogP contribution in [0.25, 0.3) is 0 Å². The van der Waals surface area contributed by atoms with E-state index in [1.165, 1.54) is 0 Å². The van der Waals surface area contributed by atoms with E-state index in [4.69, 9.17) is 0 Å². The molecule has 0 bridgehead atoms. The quantitative estimate of drug-likeness (QED) is 0.674. The number of hydrogen-bond donors (Lipinski definition) is 0. The third-order valence-electron chi connectivity index (χ3n) is 1.12. The van der Waals surface area contributed by atoms with Crippen LogP contribution in [-0.4, -0.2) is 16.3 Å². The van der Waals surface area contributed by atoms with Crippen molar-refractivity contribution in [2.45, 2.75) is 13.0 Å². The molecule has 13 heavy (non-hydrogen) atoms. The van der Waals surface area contributed by atoms with Gasteiger partial charge in [0, 0.05) is 0 Å². The van der Waals surface area contributed by atoms with E-state index in [0.717, 1.165) is 12.5 Å². The van der Waals surface area contributed by atoms with E-state index in [-0.39, 0.29) is 0 Å². The van der Waals surface area contributed by atoms with Crippen LogP contribution < -0.4 is 0 Å². The van der Waals surface area contributed by atoms with Crippen molar-refractivity contribution < 1.29 is 22.3 Å². The summed E-state index contributed by atoms with van der Waals surface area (Å²) in [6.45, 7) is -0.947. The van der Waals surface area contributed by atoms with Crippen molar-refractivity contribution in [3.05, 3.63) is 24.0 Å². The minimum absolute atomic E-state index is 0.424. The molecule has 0 spiro atoms. The molecule has 0 aliphatic heterocycles. The van der Waals surface area contributed by atoms with Crippen LogP contribution in [0.5, 0.6) is 0 Å². The Balaban J connectivity index is 2.60. The van der Waals surface area contributed by atoms with Crippen LogP contribution >= 0.6 is 0 Å². The molecule has 0 unspecified atom stereocenters. The van der Waals surface area contributed by atoms with Crippen LogP contribution in [-0.2, 0) is 11.3 Å². The van der Waals surface area contributed by atoms with E-state index in [1.54, 1.807) is 0 Å². The van der Waals surface area contributed by atoms with E-state index < -0.39 is 24.5 Å². The van der Waals surface area contributed by atoms with Gasteiger partial charge in [-0.05, 0) is 0 Å². The zero-order valence-electron chi connectivity index (χ0n) is 6.18. The van der Waals surface area contributed by atoms with Gasteiger partial charge in [-0.1, -0.05) is 0 Å². The first-order chi connectivity index (χ1) is 5.99. The highest BCUT2D eigenvalue weighted by molar-refractivity contribution is 4.99. The third kappa shape index (κ3) is 3.32. The maximum absolute atomic E-state index is 12.6. The van der Waals surface area contributed by atoms with Gasteiger partial charge in [0.15, 0.2) is 5.82 Å². The molecule has 1 rings (SSSR count). The van der Waals surface area contributed by atoms with Gasteiger partial charge in [0.2, 0.25) is 0 Å². The SMILES string of the molecule is Fc1cncnc1COC(F)(F)F. The second-order valence-corrected chi connectivity index (χ2v) is 2.05. The van der Waals surface area contributed by atoms with Crippen LogP contribution in [0.15, 0.2) is 12.5 Å². The molecule has 0 saturated heterocycles.